The largest absolute Gasteiger partial charge is 0.370 e. The summed E-state index contributed by atoms with van der Waals surface area (Å²) in [6.45, 7) is 4.16. The van der Waals surface area contributed by atoms with Crippen LogP contribution in [0.3, 0.4) is 0 Å². The van der Waals surface area contributed by atoms with Gasteiger partial charge in [0.15, 0.2) is 0 Å². The third kappa shape index (κ3) is 2.77. The van der Waals surface area contributed by atoms with Gasteiger partial charge in [0.25, 0.3) is 11.5 Å². The molecule has 1 unspecified atom stereocenters. The lowest BCUT2D eigenvalue weighted by molar-refractivity contribution is -0.0226. The minimum Gasteiger partial charge on any atom is -0.370 e. The molecule has 0 aliphatic carbocycles. The maximum Gasteiger partial charge on any atom is 0.264 e. The van der Waals surface area contributed by atoms with Crippen molar-refractivity contribution in [3.63, 3.8) is 0 Å². The molecule has 1 fully saturated rings. The summed E-state index contributed by atoms with van der Waals surface area (Å²) in [5.41, 5.74) is 1.83. The van der Waals surface area contributed by atoms with Gasteiger partial charge in [0.05, 0.1) is 23.4 Å². The van der Waals surface area contributed by atoms with E-state index in [2.05, 4.69) is 4.98 Å². The molecule has 4 heterocycles. The fraction of sp³-hybridized carbons (Fsp3) is 0.381. The number of thiophene rings is 1. The number of amides is 1. The molecule has 6 nitrogen and oxygen atoms in total. The van der Waals surface area contributed by atoms with Crippen molar-refractivity contribution in [1.82, 2.24) is 14.5 Å². The predicted molar refractivity (Wildman–Crippen MR) is 108 cm³/mol. The fourth-order valence-corrected chi connectivity index (χ4v) is 5.28. The average molecular weight is 395 g/mol. The van der Waals surface area contributed by atoms with Gasteiger partial charge in [-0.2, -0.15) is 0 Å². The van der Waals surface area contributed by atoms with E-state index in [1.54, 1.807) is 4.57 Å². The van der Waals surface area contributed by atoms with Crippen molar-refractivity contribution in [2.24, 2.45) is 0 Å². The highest BCUT2D eigenvalue weighted by Crippen LogP contribution is 2.31. The second-order valence-corrected chi connectivity index (χ2v) is 8.35. The minimum absolute atomic E-state index is 0.00515. The first-order valence-corrected chi connectivity index (χ1v) is 10.4. The van der Waals surface area contributed by atoms with Crippen LogP contribution in [0.2, 0.25) is 0 Å². The summed E-state index contributed by atoms with van der Waals surface area (Å²) < 4.78 is 7.65. The van der Waals surface area contributed by atoms with Crippen molar-refractivity contribution < 1.29 is 9.53 Å². The Kier molecular flexibility index (Phi) is 4.29. The first-order valence-electron chi connectivity index (χ1n) is 9.62. The molecule has 0 bridgehead atoms. The van der Waals surface area contributed by atoms with Gasteiger partial charge in [0.1, 0.15) is 16.8 Å². The Morgan fingerprint density at radius 1 is 1.25 bits per heavy atom. The lowest BCUT2D eigenvalue weighted by Gasteiger charge is -2.33. The number of rotatable bonds is 2. The number of carbonyl (C=O) groups is 1. The van der Waals surface area contributed by atoms with Gasteiger partial charge < -0.3 is 9.64 Å². The van der Waals surface area contributed by atoms with E-state index in [1.807, 2.05) is 42.2 Å². The number of hydrogen-bond acceptors (Lipinski definition) is 5. The number of morpholine rings is 1. The molecular formula is C21H21N3O3S. The first kappa shape index (κ1) is 17.6. The third-order valence-electron chi connectivity index (χ3n) is 5.63. The van der Waals surface area contributed by atoms with Gasteiger partial charge in [-0.1, -0.05) is 30.3 Å². The minimum atomic E-state index is -0.124. The van der Waals surface area contributed by atoms with E-state index in [4.69, 9.17) is 4.74 Å². The van der Waals surface area contributed by atoms with Gasteiger partial charge in [-0.25, -0.2) is 4.98 Å². The lowest BCUT2D eigenvalue weighted by Crippen LogP contribution is -2.42. The monoisotopic (exact) mass is 395 g/mol. The topological polar surface area (TPSA) is 64.4 Å². The predicted octanol–water partition coefficient (Wildman–Crippen LogP) is 2.93. The van der Waals surface area contributed by atoms with E-state index in [-0.39, 0.29) is 17.6 Å². The van der Waals surface area contributed by atoms with Crippen LogP contribution in [0.4, 0.5) is 0 Å². The van der Waals surface area contributed by atoms with Crippen LogP contribution < -0.4 is 5.56 Å². The third-order valence-corrected chi connectivity index (χ3v) is 6.80. The van der Waals surface area contributed by atoms with Crippen LogP contribution in [0, 0.1) is 6.92 Å². The smallest absolute Gasteiger partial charge is 0.264 e. The van der Waals surface area contributed by atoms with E-state index in [9.17, 15) is 9.59 Å². The van der Waals surface area contributed by atoms with Gasteiger partial charge in [-0.3, -0.25) is 14.2 Å². The van der Waals surface area contributed by atoms with E-state index in [1.165, 1.54) is 11.3 Å². The van der Waals surface area contributed by atoms with Crippen LogP contribution in [-0.2, 0) is 17.7 Å². The Morgan fingerprint density at radius 3 is 2.89 bits per heavy atom. The zero-order chi connectivity index (χ0) is 19.3. The van der Waals surface area contributed by atoms with Crippen LogP contribution in [-0.4, -0.2) is 40.1 Å². The summed E-state index contributed by atoms with van der Waals surface area (Å²) in [7, 11) is 0. The molecule has 2 aromatic heterocycles. The Balaban J connectivity index is 1.48. The van der Waals surface area contributed by atoms with Crippen molar-refractivity contribution in [3.05, 3.63) is 62.5 Å². The van der Waals surface area contributed by atoms with Gasteiger partial charge in [0.2, 0.25) is 0 Å². The van der Waals surface area contributed by atoms with Gasteiger partial charge in [-0.15, -0.1) is 11.3 Å². The molecular weight excluding hydrogens is 374 g/mol. The number of fused-ring (bicyclic) bond motifs is 2. The van der Waals surface area contributed by atoms with Crippen molar-refractivity contribution in [1.29, 1.82) is 0 Å². The summed E-state index contributed by atoms with van der Waals surface area (Å²) in [5, 5.41) is 0.604. The zero-order valence-electron chi connectivity index (χ0n) is 15.7. The summed E-state index contributed by atoms with van der Waals surface area (Å²) in [6.07, 6.45) is 1.66. The fourth-order valence-electron chi connectivity index (χ4n) is 4.13. The maximum atomic E-state index is 13.3. The summed E-state index contributed by atoms with van der Waals surface area (Å²) in [4.78, 5) is 34.0. The quantitative estimate of drug-likeness (QED) is 0.669. The van der Waals surface area contributed by atoms with E-state index in [0.717, 1.165) is 36.3 Å². The number of hydrogen-bond donors (Lipinski definition) is 0. The second kappa shape index (κ2) is 6.83. The molecule has 0 N–H and O–H groups in total. The molecule has 1 aromatic carbocycles. The molecule has 1 saturated heterocycles. The highest BCUT2D eigenvalue weighted by Gasteiger charge is 2.30. The molecule has 1 amide bonds. The highest BCUT2D eigenvalue weighted by atomic mass is 32.1. The van der Waals surface area contributed by atoms with Crippen molar-refractivity contribution in [2.45, 2.75) is 32.4 Å². The van der Waals surface area contributed by atoms with E-state index < -0.39 is 0 Å². The number of aromatic nitrogens is 2. The zero-order valence-corrected chi connectivity index (χ0v) is 16.5. The van der Waals surface area contributed by atoms with E-state index in [0.29, 0.717) is 34.8 Å². The molecule has 0 radical (unpaired) electrons. The summed E-state index contributed by atoms with van der Waals surface area (Å²) in [5.74, 6) is 0.808. The molecule has 0 saturated carbocycles. The molecule has 1 atom stereocenters. The Morgan fingerprint density at radius 2 is 2.07 bits per heavy atom. The molecule has 3 aromatic rings. The molecule has 2 aliphatic heterocycles. The number of benzene rings is 1. The summed E-state index contributed by atoms with van der Waals surface area (Å²) in [6, 6.07) is 9.98. The molecule has 0 spiro atoms. The molecule has 7 heteroatoms. The Bertz CT molecular complexity index is 1120. The van der Waals surface area contributed by atoms with Crippen LogP contribution in [0.25, 0.3) is 10.2 Å². The number of nitrogens with zero attached hydrogens (tertiary/aromatic N) is 3. The van der Waals surface area contributed by atoms with E-state index >= 15 is 0 Å². The number of aryl methyl sites for hydroxylation is 2. The summed E-state index contributed by atoms with van der Waals surface area (Å²) >= 11 is 1.35. The normalized spacial score (nSPS) is 19.2. The molecule has 2 aliphatic rings. The van der Waals surface area contributed by atoms with Gasteiger partial charge in [0, 0.05) is 19.5 Å². The maximum absolute atomic E-state index is 13.3. The van der Waals surface area contributed by atoms with Crippen molar-refractivity contribution in [3.8, 4) is 0 Å². The number of carbonyl (C=O) groups excluding carboxylic acids is 1. The second-order valence-electron chi connectivity index (χ2n) is 7.35. The van der Waals surface area contributed by atoms with Crippen LogP contribution >= 0.6 is 11.3 Å². The van der Waals surface area contributed by atoms with Crippen LogP contribution in [0.5, 0.6) is 0 Å². The Labute approximate surface area is 166 Å². The number of ether oxygens (including phenoxy) is 1. The van der Waals surface area contributed by atoms with Crippen LogP contribution in [0.15, 0.2) is 35.1 Å². The van der Waals surface area contributed by atoms with Crippen molar-refractivity contribution >= 4 is 27.5 Å². The molecule has 5 rings (SSSR count). The highest BCUT2D eigenvalue weighted by molar-refractivity contribution is 7.20. The average Bonchev–Trinajstić information content (AvgIpc) is 3.33. The molecule has 144 valence electrons. The SMILES string of the molecule is Cc1c(C(=O)N2CCOC(c3ccccc3)C2)sc2nc3n(c(=O)c12)CCC3. The van der Waals surface area contributed by atoms with Crippen molar-refractivity contribution in [2.75, 3.05) is 19.7 Å². The standard InChI is InChI=1S/C21H21N3O3S/c1-13-17-19(22-16-8-5-9-24(16)20(17)25)28-18(13)21(26)23-10-11-27-15(12-23)14-6-3-2-4-7-14/h2-4,6-7,15H,5,8-12H2,1H3. The van der Waals surface area contributed by atoms with Gasteiger partial charge in [-0.05, 0) is 24.5 Å². The van der Waals surface area contributed by atoms with Gasteiger partial charge >= 0.3 is 0 Å². The lowest BCUT2D eigenvalue weighted by atomic mass is 10.1. The molecule has 28 heavy (non-hydrogen) atoms. The van der Waals surface area contributed by atoms with Crippen LogP contribution in [0.1, 0.15) is 39.1 Å². The Hall–Kier alpha value is -2.51. The first-order chi connectivity index (χ1) is 13.6.